The summed E-state index contributed by atoms with van der Waals surface area (Å²) in [6.45, 7) is 7.77. The normalized spacial score (nSPS) is 10.5. The predicted molar refractivity (Wildman–Crippen MR) is 101 cm³/mol. The maximum absolute atomic E-state index is 12.8. The van der Waals surface area contributed by atoms with Crippen LogP contribution in [0.2, 0.25) is 0 Å². The first-order chi connectivity index (χ1) is 12.0. The van der Waals surface area contributed by atoms with Crippen LogP contribution in [0.15, 0.2) is 29.6 Å². The summed E-state index contributed by atoms with van der Waals surface area (Å²) in [4.78, 5) is 30.9. The molecule has 0 saturated carbocycles. The van der Waals surface area contributed by atoms with Crippen molar-refractivity contribution in [3.8, 4) is 0 Å². The molecule has 25 heavy (non-hydrogen) atoms. The molecule has 2 amide bonds. The zero-order chi connectivity index (χ0) is 18.2. The van der Waals surface area contributed by atoms with E-state index < -0.39 is 0 Å². The van der Waals surface area contributed by atoms with Crippen molar-refractivity contribution in [1.82, 2.24) is 15.2 Å². The van der Waals surface area contributed by atoms with E-state index in [2.05, 4.69) is 10.3 Å². The van der Waals surface area contributed by atoms with Crippen LogP contribution >= 0.6 is 11.3 Å². The van der Waals surface area contributed by atoms with E-state index in [4.69, 9.17) is 0 Å². The molecule has 0 aliphatic rings. The lowest BCUT2D eigenvalue weighted by Gasteiger charge is -2.21. The first kappa shape index (κ1) is 19.1. The molecule has 0 fully saturated rings. The second kappa shape index (κ2) is 9.32. The van der Waals surface area contributed by atoms with E-state index in [0.717, 1.165) is 23.4 Å². The second-order valence-corrected chi connectivity index (χ2v) is 6.92. The fourth-order valence-electron chi connectivity index (χ4n) is 2.38. The number of amides is 2. The molecule has 6 heteroatoms. The Labute approximate surface area is 153 Å². The topological polar surface area (TPSA) is 62.3 Å². The molecule has 1 aromatic carbocycles. The Morgan fingerprint density at radius 1 is 1.16 bits per heavy atom. The van der Waals surface area contributed by atoms with E-state index >= 15 is 0 Å². The minimum absolute atomic E-state index is 0.00552. The highest BCUT2D eigenvalue weighted by molar-refractivity contribution is 7.09. The van der Waals surface area contributed by atoms with Gasteiger partial charge in [-0.25, -0.2) is 4.98 Å². The summed E-state index contributed by atoms with van der Waals surface area (Å²) in [5.74, 6) is -0.162. The molecule has 1 N–H and O–H groups in total. The van der Waals surface area contributed by atoms with Crippen molar-refractivity contribution in [3.05, 3.63) is 51.5 Å². The number of hydrogen-bond acceptors (Lipinski definition) is 4. The van der Waals surface area contributed by atoms with E-state index in [1.54, 1.807) is 10.3 Å². The SMILES string of the molecule is CCCNC(=O)c1csc(CN(CCC)C(=O)c2ccc(C)cc2)n1. The van der Waals surface area contributed by atoms with Crippen LogP contribution in [0.25, 0.3) is 0 Å². The molecule has 2 rings (SSSR count). The van der Waals surface area contributed by atoms with Gasteiger partial charge in [0, 0.05) is 24.0 Å². The average Bonchev–Trinajstić information content (AvgIpc) is 3.08. The van der Waals surface area contributed by atoms with Crippen molar-refractivity contribution >= 4 is 23.2 Å². The van der Waals surface area contributed by atoms with Gasteiger partial charge in [-0.2, -0.15) is 0 Å². The Morgan fingerprint density at radius 2 is 1.88 bits per heavy atom. The summed E-state index contributed by atoms with van der Waals surface area (Å²) in [6, 6.07) is 7.59. The van der Waals surface area contributed by atoms with Gasteiger partial charge in [0.2, 0.25) is 0 Å². The van der Waals surface area contributed by atoms with Crippen LogP contribution in [0.4, 0.5) is 0 Å². The van der Waals surface area contributed by atoms with Crippen LogP contribution in [0.5, 0.6) is 0 Å². The molecule has 1 aromatic heterocycles. The van der Waals surface area contributed by atoms with E-state index in [9.17, 15) is 9.59 Å². The molecule has 2 aromatic rings. The average molecular weight is 359 g/mol. The number of carbonyl (C=O) groups is 2. The lowest BCUT2D eigenvalue weighted by atomic mass is 10.1. The third-order valence-corrected chi connectivity index (χ3v) is 4.56. The fourth-order valence-corrected chi connectivity index (χ4v) is 3.17. The number of nitrogens with zero attached hydrogens (tertiary/aromatic N) is 2. The molecule has 1 heterocycles. The third-order valence-electron chi connectivity index (χ3n) is 3.73. The summed E-state index contributed by atoms with van der Waals surface area (Å²) in [7, 11) is 0. The number of thiazole rings is 1. The highest BCUT2D eigenvalue weighted by Gasteiger charge is 2.18. The van der Waals surface area contributed by atoms with Crippen molar-refractivity contribution in [2.45, 2.75) is 40.2 Å². The van der Waals surface area contributed by atoms with Gasteiger partial charge in [0.15, 0.2) is 0 Å². The first-order valence-corrected chi connectivity index (χ1v) is 9.51. The van der Waals surface area contributed by atoms with Crippen molar-refractivity contribution in [1.29, 1.82) is 0 Å². The van der Waals surface area contributed by atoms with Crippen LogP contribution in [0.1, 0.15) is 58.1 Å². The Hall–Kier alpha value is -2.21. The van der Waals surface area contributed by atoms with Crippen molar-refractivity contribution < 1.29 is 9.59 Å². The van der Waals surface area contributed by atoms with Gasteiger partial charge >= 0.3 is 0 Å². The number of aromatic nitrogens is 1. The molecule has 0 saturated heterocycles. The molecule has 134 valence electrons. The largest absolute Gasteiger partial charge is 0.351 e. The van der Waals surface area contributed by atoms with Crippen LogP contribution in [0.3, 0.4) is 0 Å². The third kappa shape index (κ3) is 5.39. The van der Waals surface area contributed by atoms with Gasteiger partial charge in [0.25, 0.3) is 11.8 Å². The minimum atomic E-state index is -0.156. The van der Waals surface area contributed by atoms with E-state index in [0.29, 0.717) is 30.9 Å². The van der Waals surface area contributed by atoms with Crippen LogP contribution < -0.4 is 5.32 Å². The highest BCUT2D eigenvalue weighted by atomic mass is 32.1. The Kier molecular flexibility index (Phi) is 7.13. The predicted octanol–water partition coefficient (Wildman–Crippen LogP) is 3.64. The summed E-state index contributed by atoms with van der Waals surface area (Å²) < 4.78 is 0. The molecular formula is C19H25N3O2S. The summed E-state index contributed by atoms with van der Waals surface area (Å²) >= 11 is 1.41. The number of hydrogen-bond donors (Lipinski definition) is 1. The maximum Gasteiger partial charge on any atom is 0.270 e. The number of aryl methyl sites for hydroxylation is 1. The van der Waals surface area contributed by atoms with E-state index in [-0.39, 0.29) is 11.8 Å². The lowest BCUT2D eigenvalue weighted by molar-refractivity contribution is 0.0743. The molecule has 0 radical (unpaired) electrons. The van der Waals surface area contributed by atoms with Crippen molar-refractivity contribution in [3.63, 3.8) is 0 Å². The minimum Gasteiger partial charge on any atom is -0.351 e. The summed E-state index contributed by atoms with van der Waals surface area (Å²) in [6.07, 6.45) is 1.75. The second-order valence-electron chi connectivity index (χ2n) is 5.98. The molecule has 0 bridgehead atoms. The zero-order valence-corrected chi connectivity index (χ0v) is 15.9. The molecule has 0 unspecified atom stereocenters. The Bertz CT molecular complexity index is 710. The molecule has 0 spiro atoms. The van der Waals surface area contributed by atoms with Gasteiger partial charge in [-0.3, -0.25) is 9.59 Å². The van der Waals surface area contributed by atoms with Gasteiger partial charge in [0.05, 0.1) is 6.54 Å². The van der Waals surface area contributed by atoms with Gasteiger partial charge in [0.1, 0.15) is 10.7 Å². The molecule has 0 aliphatic heterocycles. The zero-order valence-electron chi connectivity index (χ0n) is 15.0. The number of benzene rings is 1. The van der Waals surface area contributed by atoms with E-state index in [1.165, 1.54) is 11.3 Å². The maximum atomic E-state index is 12.8. The van der Waals surface area contributed by atoms with Gasteiger partial charge in [-0.05, 0) is 31.9 Å². The first-order valence-electron chi connectivity index (χ1n) is 8.63. The molecule has 5 nitrogen and oxygen atoms in total. The summed E-state index contributed by atoms with van der Waals surface area (Å²) in [5, 5.41) is 5.34. The van der Waals surface area contributed by atoms with Gasteiger partial charge < -0.3 is 10.2 Å². The molecular weight excluding hydrogens is 334 g/mol. The Morgan fingerprint density at radius 3 is 2.52 bits per heavy atom. The number of nitrogens with one attached hydrogen (secondary N) is 1. The highest BCUT2D eigenvalue weighted by Crippen LogP contribution is 2.15. The number of rotatable bonds is 8. The van der Waals surface area contributed by atoms with Gasteiger partial charge in [-0.15, -0.1) is 11.3 Å². The van der Waals surface area contributed by atoms with Crippen LogP contribution in [0, 0.1) is 6.92 Å². The number of carbonyl (C=O) groups excluding carboxylic acids is 2. The smallest absolute Gasteiger partial charge is 0.270 e. The molecule has 0 aliphatic carbocycles. The van der Waals surface area contributed by atoms with Crippen molar-refractivity contribution in [2.24, 2.45) is 0 Å². The van der Waals surface area contributed by atoms with Gasteiger partial charge in [-0.1, -0.05) is 31.5 Å². The quantitative estimate of drug-likeness (QED) is 0.783. The standard InChI is InChI=1S/C19H25N3O2S/c1-4-10-20-18(23)16-13-25-17(21-16)12-22(11-5-2)19(24)15-8-6-14(3)7-9-15/h6-9,13H,4-5,10-12H2,1-3H3,(H,20,23). The van der Waals surface area contributed by atoms with Crippen molar-refractivity contribution in [2.75, 3.05) is 13.1 Å². The molecule has 0 atom stereocenters. The fraction of sp³-hybridized carbons (Fsp3) is 0.421. The Balaban J connectivity index is 2.08. The monoisotopic (exact) mass is 359 g/mol. The lowest BCUT2D eigenvalue weighted by Crippen LogP contribution is -2.31. The summed E-state index contributed by atoms with van der Waals surface area (Å²) in [5.41, 5.74) is 2.23. The van der Waals surface area contributed by atoms with E-state index in [1.807, 2.05) is 45.0 Å². The van der Waals surface area contributed by atoms with Crippen LogP contribution in [-0.2, 0) is 6.54 Å². The van der Waals surface area contributed by atoms with Crippen LogP contribution in [-0.4, -0.2) is 34.8 Å².